The van der Waals surface area contributed by atoms with Gasteiger partial charge >= 0.3 is 6.18 Å². The van der Waals surface area contributed by atoms with Crippen molar-refractivity contribution >= 4 is 23.3 Å². The molecule has 26 heavy (non-hydrogen) atoms. The number of carbonyl (C=O) groups is 2. The van der Waals surface area contributed by atoms with Crippen LogP contribution < -0.4 is 10.2 Å². The molecule has 0 saturated carbocycles. The molecule has 1 aromatic heterocycles. The van der Waals surface area contributed by atoms with Gasteiger partial charge in [0.05, 0.1) is 12.0 Å². The second-order valence-corrected chi connectivity index (χ2v) is 7.22. The van der Waals surface area contributed by atoms with Crippen molar-refractivity contribution in [3.63, 3.8) is 0 Å². The number of hydrogen-bond acceptors (Lipinski definition) is 5. The molecule has 0 bridgehead atoms. The third-order valence-electron chi connectivity index (χ3n) is 4.20. The van der Waals surface area contributed by atoms with Crippen LogP contribution in [0.4, 0.5) is 19.0 Å². The van der Waals surface area contributed by atoms with E-state index >= 15 is 0 Å². The normalized spacial score (nSPS) is 17.5. The highest BCUT2D eigenvalue weighted by Crippen LogP contribution is 2.31. The van der Waals surface area contributed by atoms with Crippen molar-refractivity contribution in [3.05, 3.63) is 23.9 Å². The van der Waals surface area contributed by atoms with Gasteiger partial charge < -0.3 is 10.3 Å². The van der Waals surface area contributed by atoms with E-state index in [-0.39, 0.29) is 18.0 Å². The SMILES string of the molecule is CC(C)(C)C(=N)CC(=O)NC(=O)C1CCN1c1ccc(C(F)(F)F)cn1. The molecule has 0 aromatic carbocycles. The number of amides is 2. The highest BCUT2D eigenvalue weighted by atomic mass is 19.4. The number of rotatable bonds is 4. The summed E-state index contributed by atoms with van der Waals surface area (Å²) in [6, 6.07) is 1.46. The monoisotopic (exact) mass is 370 g/mol. The van der Waals surface area contributed by atoms with E-state index in [0.717, 1.165) is 12.3 Å². The van der Waals surface area contributed by atoms with E-state index in [1.165, 1.54) is 11.0 Å². The summed E-state index contributed by atoms with van der Waals surface area (Å²) in [6.07, 6.45) is -3.46. The zero-order valence-corrected chi connectivity index (χ0v) is 14.8. The first-order valence-corrected chi connectivity index (χ1v) is 8.11. The van der Waals surface area contributed by atoms with Gasteiger partial charge in [0.2, 0.25) is 11.8 Å². The Kier molecular flexibility index (Phi) is 5.39. The van der Waals surface area contributed by atoms with Crippen molar-refractivity contribution < 1.29 is 22.8 Å². The van der Waals surface area contributed by atoms with Crippen LogP contribution in [0.25, 0.3) is 0 Å². The molecule has 9 heteroatoms. The van der Waals surface area contributed by atoms with Gasteiger partial charge in [-0.25, -0.2) is 4.98 Å². The van der Waals surface area contributed by atoms with E-state index in [1.54, 1.807) is 20.8 Å². The van der Waals surface area contributed by atoms with Crippen molar-refractivity contribution in [2.24, 2.45) is 5.41 Å². The molecular formula is C17H21F3N4O2. The van der Waals surface area contributed by atoms with Crippen LogP contribution in [0.3, 0.4) is 0 Å². The molecule has 6 nitrogen and oxygen atoms in total. The highest BCUT2D eigenvalue weighted by molar-refractivity contribution is 6.08. The zero-order valence-electron chi connectivity index (χ0n) is 14.8. The Hall–Kier alpha value is -2.45. The highest BCUT2D eigenvalue weighted by Gasteiger charge is 2.37. The van der Waals surface area contributed by atoms with Crippen molar-refractivity contribution in [3.8, 4) is 0 Å². The Bertz CT molecular complexity index is 708. The van der Waals surface area contributed by atoms with Gasteiger partial charge in [-0.2, -0.15) is 13.2 Å². The lowest BCUT2D eigenvalue weighted by atomic mass is 9.88. The van der Waals surface area contributed by atoms with E-state index in [4.69, 9.17) is 5.41 Å². The summed E-state index contributed by atoms with van der Waals surface area (Å²) in [4.78, 5) is 29.5. The van der Waals surface area contributed by atoms with Crippen molar-refractivity contribution in [2.45, 2.75) is 45.8 Å². The molecule has 0 spiro atoms. The van der Waals surface area contributed by atoms with E-state index in [9.17, 15) is 22.8 Å². The van der Waals surface area contributed by atoms with Crippen molar-refractivity contribution in [1.29, 1.82) is 5.41 Å². The molecule has 0 aliphatic carbocycles. The number of aromatic nitrogens is 1. The number of imide groups is 1. The number of alkyl halides is 3. The summed E-state index contributed by atoms with van der Waals surface area (Å²) in [6.45, 7) is 5.86. The standard InChI is InChI=1S/C17H21F3N4O2/c1-16(2,3)12(21)8-14(25)23-15(26)11-6-7-24(11)13-5-4-10(9-22-13)17(18,19)20/h4-5,9,11,21H,6-8H2,1-3H3,(H,23,25,26). The van der Waals surface area contributed by atoms with Crippen molar-refractivity contribution in [1.82, 2.24) is 10.3 Å². The van der Waals surface area contributed by atoms with Gasteiger partial charge in [-0.05, 0) is 18.6 Å². The number of anilines is 1. The number of pyridine rings is 1. The topological polar surface area (TPSA) is 86.2 Å². The van der Waals surface area contributed by atoms with Crippen LogP contribution in [-0.2, 0) is 15.8 Å². The van der Waals surface area contributed by atoms with Crippen LogP contribution in [0.1, 0.15) is 39.2 Å². The molecule has 2 amide bonds. The minimum absolute atomic E-state index is 0.180. The van der Waals surface area contributed by atoms with Crippen molar-refractivity contribution in [2.75, 3.05) is 11.4 Å². The minimum Gasteiger partial charge on any atom is -0.344 e. The zero-order chi connectivity index (χ0) is 19.7. The van der Waals surface area contributed by atoms with Gasteiger partial charge in [0.25, 0.3) is 0 Å². The molecule has 1 fully saturated rings. The predicted octanol–water partition coefficient (Wildman–Crippen LogP) is 2.78. The molecule has 1 atom stereocenters. The lowest BCUT2D eigenvalue weighted by molar-refractivity contribution is -0.138. The van der Waals surface area contributed by atoms with Gasteiger partial charge in [0.1, 0.15) is 11.9 Å². The number of carbonyl (C=O) groups excluding carboxylic acids is 2. The van der Waals surface area contributed by atoms with Crippen LogP contribution >= 0.6 is 0 Å². The summed E-state index contributed by atoms with van der Waals surface area (Å²) < 4.78 is 37.7. The van der Waals surface area contributed by atoms with Crippen LogP contribution in [0.2, 0.25) is 0 Å². The lowest BCUT2D eigenvalue weighted by Gasteiger charge is -2.40. The summed E-state index contributed by atoms with van der Waals surface area (Å²) in [7, 11) is 0. The van der Waals surface area contributed by atoms with Gasteiger partial charge in [-0.3, -0.25) is 14.9 Å². The quantitative estimate of drug-likeness (QED) is 0.798. The molecule has 1 aliphatic heterocycles. The molecule has 142 valence electrons. The van der Waals surface area contributed by atoms with Crippen LogP contribution in [0, 0.1) is 10.8 Å². The second-order valence-electron chi connectivity index (χ2n) is 7.22. The smallest absolute Gasteiger partial charge is 0.344 e. The Balaban J connectivity index is 1.96. The first-order chi connectivity index (χ1) is 11.9. The van der Waals surface area contributed by atoms with Crippen LogP contribution in [0.15, 0.2) is 18.3 Å². The molecule has 1 aromatic rings. The Morgan fingerprint density at radius 1 is 1.31 bits per heavy atom. The van der Waals surface area contributed by atoms with Crippen LogP contribution in [0.5, 0.6) is 0 Å². The largest absolute Gasteiger partial charge is 0.417 e. The maximum absolute atomic E-state index is 12.6. The maximum atomic E-state index is 12.6. The molecule has 2 N–H and O–H groups in total. The number of halogens is 3. The molecule has 0 radical (unpaired) electrons. The molecule has 1 unspecified atom stereocenters. The summed E-state index contributed by atoms with van der Waals surface area (Å²) >= 11 is 0. The van der Waals surface area contributed by atoms with Gasteiger partial charge in [-0.15, -0.1) is 0 Å². The fraction of sp³-hybridized carbons (Fsp3) is 0.529. The fourth-order valence-electron chi connectivity index (χ4n) is 2.35. The summed E-state index contributed by atoms with van der Waals surface area (Å²) in [5, 5.41) is 10.1. The Morgan fingerprint density at radius 2 is 1.96 bits per heavy atom. The van der Waals surface area contributed by atoms with Gasteiger partial charge in [-0.1, -0.05) is 20.8 Å². The molecule has 2 rings (SSSR count). The van der Waals surface area contributed by atoms with Gasteiger partial charge in [0, 0.05) is 23.9 Å². The summed E-state index contributed by atoms with van der Waals surface area (Å²) in [5.74, 6) is -0.855. The molecule has 2 heterocycles. The van der Waals surface area contributed by atoms with E-state index < -0.39 is 35.0 Å². The first kappa shape index (κ1) is 19.9. The second kappa shape index (κ2) is 7.05. The first-order valence-electron chi connectivity index (χ1n) is 8.11. The predicted molar refractivity (Wildman–Crippen MR) is 89.9 cm³/mol. The van der Waals surface area contributed by atoms with Crippen LogP contribution in [-0.4, -0.2) is 35.1 Å². The Morgan fingerprint density at radius 3 is 2.38 bits per heavy atom. The van der Waals surface area contributed by atoms with E-state index in [1.807, 2.05) is 0 Å². The van der Waals surface area contributed by atoms with E-state index in [0.29, 0.717) is 13.0 Å². The summed E-state index contributed by atoms with van der Waals surface area (Å²) in [5.41, 5.74) is -1.12. The number of nitrogens with zero attached hydrogens (tertiary/aromatic N) is 2. The Labute approximate surface area is 149 Å². The maximum Gasteiger partial charge on any atom is 0.417 e. The fourth-order valence-corrected chi connectivity index (χ4v) is 2.35. The molecule has 1 saturated heterocycles. The lowest BCUT2D eigenvalue weighted by Crippen LogP contribution is -2.57. The average Bonchev–Trinajstić information content (AvgIpc) is 2.44. The number of nitrogens with one attached hydrogen (secondary N) is 2. The van der Waals surface area contributed by atoms with Gasteiger partial charge in [0.15, 0.2) is 0 Å². The average molecular weight is 370 g/mol. The molecular weight excluding hydrogens is 349 g/mol. The number of hydrogen-bond donors (Lipinski definition) is 2. The minimum atomic E-state index is -4.47. The van der Waals surface area contributed by atoms with E-state index in [2.05, 4.69) is 10.3 Å². The molecule has 1 aliphatic rings. The third kappa shape index (κ3) is 4.59. The third-order valence-corrected chi connectivity index (χ3v) is 4.20.